The Labute approximate surface area is 96.7 Å². The Hall–Kier alpha value is -0.890. The monoisotopic (exact) mass is 221 g/mol. The quantitative estimate of drug-likeness (QED) is 0.682. The standard InChI is InChI=1S/C11H13NS.C2H6/c1-8-5-3-4-6-10(8)11-7-13-12-9(11)2;1-2/h3-4,6-8H,5H2,1-2H3;1-2H3. The van der Waals surface area contributed by atoms with Crippen molar-refractivity contribution >= 4 is 17.1 Å². The fraction of sp³-hybridized carbons (Fsp3) is 0.462. The Morgan fingerprint density at radius 3 is 2.67 bits per heavy atom. The van der Waals surface area contributed by atoms with Crippen LogP contribution in [0.4, 0.5) is 0 Å². The van der Waals surface area contributed by atoms with Crippen molar-refractivity contribution in [3.8, 4) is 0 Å². The van der Waals surface area contributed by atoms with Crippen LogP contribution in [0.15, 0.2) is 23.6 Å². The average Bonchev–Trinajstić information content (AvgIpc) is 2.68. The van der Waals surface area contributed by atoms with Gasteiger partial charge in [-0.1, -0.05) is 39.0 Å². The van der Waals surface area contributed by atoms with Gasteiger partial charge in [0.2, 0.25) is 0 Å². The first-order chi connectivity index (χ1) is 7.29. The molecule has 15 heavy (non-hydrogen) atoms. The number of hydrogen-bond acceptors (Lipinski definition) is 2. The normalized spacial score (nSPS) is 19.2. The average molecular weight is 221 g/mol. The summed E-state index contributed by atoms with van der Waals surface area (Å²) in [5, 5.41) is 2.15. The lowest BCUT2D eigenvalue weighted by Gasteiger charge is -2.16. The topological polar surface area (TPSA) is 12.9 Å². The Morgan fingerprint density at radius 2 is 2.13 bits per heavy atom. The molecule has 82 valence electrons. The maximum absolute atomic E-state index is 4.30. The molecule has 0 aliphatic heterocycles. The molecule has 1 aliphatic rings. The second-order valence-corrected chi connectivity index (χ2v) is 4.13. The fourth-order valence-electron chi connectivity index (χ4n) is 1.67. The molecule has 0 saturated heterocycles. The number of allylic oxidation sites excluding steroid dienone is 4. The number of aryl methyl sites for hydroxylation is 1. The number of rotatable bonds is 1. The summed E-state index contributed by atoms with van der Waals surface area (Å²) in [6.45, 7) is 8.35. The van der Waals surface area contributed by atoms with Crippen LogP contribution in [0.1, 0.15) is 38.4 Å². The molecular weight excluding hydrogens is 202 g/mol. The number of aromatic nitrogens is 1. The van der Waals surface area contributed by atoms with Gasteiger partial charge < -0.3 is 0 Å². The highest BCUT2D eigenvalue weighted by Crippen LogP contribution is 2.31. The lowest BCUT2D eigenvalue weighted by Crippen LogP contribution is -2.00. The van der Waals surface area contributed by atoms with E-state index in [1.165, 1.54) is 16.8 Å². The highest BCUT2D eigenvalue weighted by Gasteiger charge is 2.14. The van der Waals surface area contributed by atoms with Crippen molar-refractivity contribution in [2.24, 2.45) is 5.92 Å². The van der Waals surface area contributed by atoms with E-state index in [4.69, 9.17) is 0 Å². The molecule has 1 heterocycles. The minimum atomic E-state index is 0.639. The molecule has 1 unspecified atom stereocenters. The van der Waals surface area contributed by atoms with Crippen molar-refractivity contribution in [1.82, 2.24) is 4.37 Å². The zero-order chi connectivity index (χ0) is 11.3. The summed E-state index contributed by atoms with van der Waals surface area (Å²) >= 11 is 1.55. The molecule has 0 bridgehead atoms. The first kappa shape index (κ1) is 12.2. The molecule has 1 aromatic heterocycles. The van der Waals surface area contributed by atoms with Gasteiger partial charge in [0.1, 0.15) is 0 Å². The predicted molar refractivity (Wildman–Crippen MR) is 69.1 cm³/mol. The molecule has 1 nitrogen and oxygen atoms in total. The Bertz CT molecular complexity index is 360. The van der Waals surface area contributed by atoms with Crippen LogP contribution in [0.5, 0.6) is 0 Å². The molecule has 0 fully saturated rings. The van der Waals surface area contributed by atoms with Crippen molar-refractivity contribution in [3.63, 3.8) is 0 Å². The zero-order valence-electron chi connectivity index (χ0n) is 9.95. The van der Waals surface area contributed by atoms with Crippen LogP contribution in [0.2, 0.25) is 0 Å². The number of nitrogens with zero attached hydrogens (tertiary/aromatic N) is 1. The summed E-state index contributed by atoms with van der Waals surface area (Å²) in [6.07, 6.45) is 7.74. The molecule has 2 rings (SSSR count). The van der Waals surface area contributed by atoms with E-state index in [1.807, 2.05) is 13.8 Å². The summed E-state index contributed by atoms with van der Waals surface area (Å²) in [5.41, 5.74) is 3.94. The van der Waals surface area contributed by atoms with Crippen LogP contribution in [0.25, 0.3) is 5.57 Å². The fourth-order valence-corrected chi connectivity index (χ4v) is 2.39. The van der Waals surface area contributed by atoms with E-state index >= 15 is 0 Å². The summed E-state index contributed by atoms with van der Waals surface area (Å²) in [7, 11) is 0. The van der Waals surface area contributed by atoms with Crippen LogP contribution in [0, 0.1) is 12.8 Å². The van der Waals surface area contributed by atoms with E-state index in [1.54, 1.807) is 11.5 Å². The second kappa shape index (κ2) is 5.86. The Balaban J connectivity index is 0.000000531. The van der Waals surface area contributed by atoms with E-state index < -0.39 is 0 Å². The van der Waals surface area contributed by atoms with Gasteiger partial charge in [-0.15, -0.1) is 0 Å². The first-order valence-corrected chi connectivity index (χ1v) is 6.40. The zero-order valence-corrected chi connectivity index (χ0v) is 10.8. The van der Waals surface area contributed by atoms with Crippen LogP contribution >= 0.6 is 11.5 Å². The van der Waals surface area contributed by atoms with Gasteiger partial charge in [0.05, 0.1) is 5.69 Å². The SMILES string of the molecule is CC.Cc1nscc1C1=CC=CCC1C. The molecule has 0 amide bonds. The number of hydrogen-bond donors (Lipinski definition) is 0. The van der Waals surface area contributed by atoms with Crippen molar-refractivity contribution in [2.45, 2.75) is 34.1 Å². The Kier molecular flexibility index (Phi) is 4.76. The largest absolute Gasteiger partial charge is 0.197 e. The van der Waals surface area contributed by atoms with Gasteiger partial charge in [0.25, 0.3) is 0 Å². The van der Waals surface area contributed by atoms with E-state index in [9.17, 15) is 0 Å². The molecule has 0 radical (unpaired) electrons. The van der Waals surface area contributed by atoms with Gasteiger partial charge in [-0.3, -0.25) is 0 Å². The van der Waals surface area contributed by atoms with Gasteiger partial charge in [-0.2, -0.15) is 4.37 Å². The van der Waals surface area contributed by atoms with E-state index in [-0.39, 0.29) is 0 Å². The minimum absolute atomic E-state index is 0.639. The minimum Gasteiger partial charge on any atom is -0.197 e. The first-order valence-electron chi connectivity index (χ1n) is 5.57. The summed E-state index contributed by atoms with van der Waals surface area (Å²) in [5.74, 6) is 0.639. The molecule has 0 aromatic carbocycles. The van der Waals surface area contributed by atoms with Crippen LogP contribution in [0.3, 0.4) is 0 Å². The van der Waals surface area contributed by atoms with Gasteiger partial charge in [0.15, 0.2) is 0 Å². The third-order valence-electron chi connectivity index (χ3n) is 2.49. The molecular formula is C13H19NS. The molecule has 0 saturated carbocycles. The van der Waals surface area contributed by atoms with Crippen molar-refractivity contribution in [2.75, 3.05) is 0 Å². The Morgan fingerprint density at radius 1 is 1.40 bits per heavy atom. The third kappa shape index (κ3) is 2.78. The highest BCUT2D eigenvalue weighted by atomic mass is 32.1. The summed E-state index contributed by atoms with van der Waals surface area (Å²) in [6, 6.07) is 0. The molecule has 0 spiro atoms. The summed E-state index contributed by atoms with van der Waals surface area (Å²) in [4.78, 5) is 0. The van der Waals surface area contributed by atoms with Gasteiger partial charge in [0, 0.05) is 10.9 Å². The predicted octanol–water partition coefficient (Wildman–Crippen LogP) is 4.46. The lowest BCUT2D eigenvalue weighted by molar-refractivity contribution is 0.758. The highest BCUT2D eigenvalue weighted by molar-refractivity contribution is 7.03. The van der Waals surface area contributed by atoms with Crippen molar-refractivity contribution < 1.29 is 0 Å². The second-order valence-electron chi connectivity index (χ2n) is 3.50. The maximum atomic E-state index is 4.30. The summed E-state index contributed by atoms with van der Waals surface area (Å²) < 4.78 is 4.30. The molecule has 1 atom stereocenters. The third-order valence-corrected chi connectivity index (χ3v) is 3.21. The van der Waals surface area contributed by atoms with E-state index in [2.05, 4.69) is 41.8 Å². The van der Waals surface area contributed by atoms with Gasteiger partial charge in [-0.05, 0) is 36.4 Å². The molecule has 0 N–H and O–H groups in total. The smallest absolute Gasteiger partial charge is 0.0586 e. The van der Waals surface area contributed by atoms with E-state index in [0.29, 0.717) is 5.92 Å². The van der Waals surface area contributed by atoms with Crippen molar-refractivity contribution in [1.29, 1.82) is 0 Å². The van der Waals surface area contributed by atoms with Crippen LogP contribution < -0.4 is 0 Å². The van der Waals surface area contributed by atoms with Gasteiger partial charge >= 0.3 is 0 Å². The van der Waals surface area contributed by atoms with Crippen molar-refractivity contribution in [3.05, 3.63) is 34.9 Å². The molecule has 1 aromatic rings. The van der Waals surface area contributed by atoms with Gasteiger partial charge in [-0.25, -0.2) is 0 Å². The maximum Gasteiger partial charge on any atom is 0.0586 e. The van der Waals surface area contributed by atoms with Crippen LogP contribution in [-0.2, 0) is 0 Å². The van der Waals surface area contributed by atoms with E-state index in [0.717, 1.165) is 6.42 Å². The molecule has 1 aliphatic carbocycles. The lowest BCUT2D eigenvalue weighted by atomic mass is 9.89. The van der Waals surface area contributed by atoms with Crippen LogP contribution in [-0.4, -0.2) is 4.37 Å². The molecule has 2 heteroatoms.